The van der Waals surface area contributed by atoms with Gasteiger partial charge in [0.25, 0.3) is 5.91 Å². The summed E-state index contributed by atoms with van der Waals surface area (Å²) in [6, 6.07) is 13.4. The molecule has 0 N–H and O–H groups in total. The fourth-order valence-electron chi connectivity index (χ4n) is 4.47. The molecular weight excluding hydrogens is 486 g/mol. The van der Waals surface area contributed by atoms with E-state index in [4.69, 9.17) is 4.74 Å². The van der Waals surface area contributed by atoms with E-state index in [9.17, 15) is 18.0 Å². The van der Waals surface area contributed by atoms with E-state index >= 15 is 0 Å². The molecule has 0 saturated carbocycles. The molecular formula is C25H29N3O5S2. The Hall–Kier alpha value is -2.82. The molecule has 0 aliphatic carbocycles. The van der Waals surface area contributed by atoms with Crippen LogP contribution in [0.15, 0.2) is 58.4 Å². The lowest BCUT2D eigenvalue weighted by molar-refractivity contribution is -0.143. The van der Waals surface area contributed by atoms with Crippen LogP contribution >= 0.6 is 11.3 Å². The van der Waals surface area contributed by atoms with Crippen molar-refractivity contribution in [3.05, 3.63) is 58.9 Å². The SMILES string of the molecule is CCOC(=O)Cn1c(=NC(=O)c2ccc(S(=O)(=O)N3CC(C)CC(C)C3)cc2)sc2ccccc21. The average molecular weight is 516 g/mol. The fraction of sp³-hybridized carbons (Fsp3) is 0.400. The normalized spacial score (nSPS) is 19.7. The summed E-state index contributed by atoms with van der Waals surface area (Å²) in [7, 11) is -3.63. The Balaban J connectivity index is 1.62. The molecule has 1 aromatic heterocycles. The topological polar surface area (TPSA) is 98.0 Å². The lowest BCUT2D eigenvalue weighted by Crippen LogP contribution is -2.42. The zero-order chi connectivity index (χ0) is 25.2. The van der Waals surface area contributed by atoms with E-state index in [1.165, 1.54) is 39.9 Å². The van der Waals surface area contributed by atoms with Gasteiger partial charge in [0.05, 0.1) is 21.7 Å². The van der Waals surface area contributed by atoms with Crippen molar-refractivity contribution in [3.8, 4) is 0 Å². The van der Waals surface area contributed by atoms with Crippen molar-refractivity contribution >= 4 is 43.5 Å². The number of benzene rings is 2. The first-order valence-corrected chi connectivity index (χ1v) is 13.9. The van der Waals surface area contributed by atoms with Crippen LogP contribution in [0.5, 0.6) is 0 Å². The highest BCUT2D eigenvalue weighted by Crippen LogP contribution is 2.27. The second-order valence-electron chi connectivity index (χ2n) is 8.95. The van der Waals surface area contributed by atoms with Crippen molar-refractivity contribution in [2.45, 2.75) is 38.6 Å². The van der Waals surface area contributed by atoms with Gasteiger partial charge in [-0.25, -0.2) is 8.42 Å². The lowest BCUT2D eigenvalue weighted by atomic mass is 9.94. The van der Waals surface area contributed by atoms with Crippen molar-refractivity contribution < 1.29 is 22.7 Å². The van der Waals surface area contributed by atoms with Crippen molar-refractivity contribution in [2.75, 3.05) is 19.7 Å². The zero-order valence-electron chi connectivity index (χ0n) is 20.0. The van der Waals surface area contributed by atoms with E-state index in [0.717, 1.165) is 16.6 Å². The predicted molar refractivity (Wildman–Crippen MR) is 134 cm³/mol. The Morgan fingerprint density at radius 2 is 1.71 bits per heavy atom. The number of para-hydroxylation sites is 1. The monoisotopic (exact) mass is 515 g/mol. The molecule has 1 aliphatic rings. The Bertz CT molecular complexity index is 1400. The number of sulfonamides is 1. The molecule has 3 aromatic rings. The summed E-state index contributed by atoms with van der Waals surface area (Å²) in [6.45, 7) is 7.04. The van der Waals surface area contributed by atoms with Crippen LogP contribution in [0.4, 0.5) is 0 Å². The van der Waals surface area contributed by atoms with Gasteiger partial charge in [0.15, 0.2) is 4.80 Å². The summed E-state index contributed by atoms with van der Waals surface area (Å²) in [5.41, 5.74) is 1.05. The van der Waals surface area contributed by atoms with Crippen LogP contribution in [-0.2, 0) is 26.1 Å². The van der Waals surface area contributed by atoms with Crippen molar-refractivity contribution in [1.82, 2.24) is 8.87 Å². The number of ether oxygens (including phenoxy) is 1. The van der Waals surface area contributed by atoms with Gasteiger partial charge in [0.1, 0.15) is 6.54 Å². The molecule has 8 nitrogen and oxygen atoms in total. The third-order valence-electron chi connectivity index (χ3n) is 5.95. The molecule has 186 valence electrons. The van der Waals surface area contributed by atoms with Gasteiger partial charge in [-0.1, -0.05) is 37.3 Å². The quantitative estimate of drug-likeness (QED) is 0.467. The number of carbonyl (C=O) groups excluding carboxylic acids is 2. The number of rotatable bonds is 6. The molecule has 0 spiro atoms. The number of hydrogen-bond acceptors (Lipinski definition) is 6. The van der Waals surface area contributed by atoms with E-state index < -0.39 is 21.9 Å². The number of esters is 1. The molecule has 2 atom stereocenters. The Labute approximate surface area is 208 Å². The summed E-state index contributed by atoms with van der Waals surface area (Å²) >= 11 is 1.30. The van der Waals surface area contributed by atoms with Crippen LogP contribution in [0.3, 0.4) is 0 Å². The largest absolute Gasteiger partial charge is 0.465 e. The van der Waals surface area contributed by atoms with Gasteiger partial charge in [-0.3, -0.25) is 9.59 Å². The van der Waals surface area contributed by atoms with E-state index in [1.54, 1.807) is 11.5 Å². The van der Waals surface area contributed by atoms with Gasteiger partial charge >= 0.3 is 5.97 Å². The number of thiazole rings is 1. The van der Waals surface area contributed by atoms with E-state index in [-0.39, 0.29) is 23.6 Å². The summed E-state index contributed by atoms with van der Waals surface area (Å²) < 4.78 is 35.4. The second-order valence-corrected chi connectivity index (χ2v) is 11.9. The second kappa shape index (κ2) is 10.4. The van der Waals surface area contributed by atoms with Crippen LogP contribution in [-0.4, -0.2) is 48.9 Å². The van der Waals surface area contributed by atoms with Crippen LogP contribution in [0.2, 0.25) is 0 Å². The third-order valence-corrected chi connectivity index (χ3v) is 8.86. The van der Waals surface area contributed by atoms with Crippen molar-refractivity contribution in [2.24, 2.45) is 16.8 Å². The molecule has 10 heteroatoms. The first-order chi connectivity index (χ1) is 16.7. The highest BCUT2D eigenvalue weighted by molar-refractivity contribution is 7.89. The molecule has 1 aliphatic heterocycles. The van der Waals surface area contributed by atoms with E-state index in [0.29, 0.717) is 29.7 Å². The predicted octanol–water partition coefficient (Wildman–Crippen LogP) is 3.67. The van der Waals surface area contributed by atoms with Gasteiger partial charge in [-0.05, 0) is 61.6 Å². The van der Waals surface area contributed by atoms with Gasteiger partial charge in [-0.2, -0.15) is 9.30 Å². The summed E-state index contributed by atoms with van der Waals surface area (Å²) in [5.74, 6) is -0.328. The van der Waals surface area contributed by atoms with E-state index in [1.807, 2.05) is 24.3 Å². The third kappa shape index (κ3) is 5.55. The number of hydrogen-bond donors (Lipinski definition) is 0. The molecule has 1 amide bonds. The fourth-order valence-corrected chi connectivity index (χ4v) is 7.17. The van der Waals surface area contributed by atoms with Crippen molar-refractivity contribution in [1.29, 1.82) is 0 Å². The van der Waals surface area contributed by atoms with Gasteiger partial charge < -0.3 is 9.30 Å². The van der Waals surface area contributed by atoms with Gasteiger partial charge in [0.2, 0.25) is 10.0 Å². The summed E-state index contributed by atoms with van der Waals surface area (Å²) in [5, 5.41) is 0. The molecule has 1 saturated heterocycles. The van der Waals surface area contributed by atoms with Crippen molar-refractivity contribution in [3.63, 3.8) is 0 Å². The highest BCUT2D eigenvalue weighted by Gasteiger charge is 2.31. The molecule has 2 unspecified atom stereocenters. The lowest BCUT2D eigenvalue weighted by Gasteiger charge is -2.34. The van der Waals surface area contributed by atoms with Crippen LogP contribution in [0.1, 0.15) is 37.6 Å². The first kappa shape index (κ1) is 25.3. The van der Waals surface area contributed by atoms with Gasteiger partial charge in [-0.15, -0.1) is 0 Å². The van der Waals surface area contributed by atoms with Crippen LogP contribution < -0.4 is 4.80 Å². The standard InChI is InChI=1S/C25H29N3O5S2/c1-4-33-23(29)16-28-21-7-5-6-8-22(21)34-25(28)26-24(30)19-9-11-20(12-10-19)35(31,32)27-14-17(2)13-18(3)15-27/h5-12,17-18H,4,13-16H2,1-3H3. The average Bonchev–Trinajstić information content (AvgIpc) is 3.15. The minimum absolute atomic E-state index is 0.0617. The molecule has 35 heavy (non-hydrogen) atoms. The first-order valence-electron chi connectivity index (χ1n) is 11.6. The molecule has 1 fully saturated rings. The number of amides is 1. The minimum atomic E-state index is -3.63. The van der Waals surface area contributed by atoms with Crippen LogP contribution in [0, 0.1) is 11.8 Å². The Morgan fingerprint density at radius 3 is 2.37 bits per heavy atom. The smallest absolute Gasteiger partial charge is 0.326 e. The summed E-state index contributed by atoms with van der Waals surface area (Å²) in [6.07, 6.45) is 1.01. The van der Waals surface area contributed by atoms with E-state index in [2.05, 4.69) is 18.8 Å². The Morgan fingerprint density at radius 1 is 1.06 bits per heavy atom. The maximum atomic E-state index is 13.1. The van der Waals surface area contributed by atoms with Gasteiger partial charge in [0, 0.05) is 18.7 Å². The molecule has 2 aromatic carbocycles. The highest BCUT2D eigenvalue weighted by atomic mass is 32.2. The number of piperidine rings is 1. The number of aromatic nitrogens is 1. The summed E-state index contributed by atoms with van der Waals surface area (Å²) in [4.78, 5) is 29.9. The van der Waals surface area contributed by atoms with Crippen LogP contribution in [0.25, 0.3) is 10.2 Å². The Kier molecular flexibility index (Phi) is 7.53. The molecule has 0 radical (unpaired) electrons. The number of nitrogens with zero attached hydrogens (tertiary/aromatic N) is 3. The number of carbonyl (C=O) groups is 2. The molecule has 0 bridgehead atoms. The molecule has 2 heterocycles. The molecule has 4 rings (SSSR count). The zero-order valence-corrected chi connectivity index (χ0v) is 21.6. The number of fused-ring (bicyclic) bond motifs is 1. The minimum Gasteiger partial charge on any atom is -0.465 e. The maximum Gasteiger partial charge on any atom is 0.326 e. The maximum absolute atomic E-state index is 13.1.